The molecular weight excluding hydrogens is 510 g/mol. The molecule has 2 aliphatic carbocycles. The number of rotatable bonds is 10. The summed E-state index contributed by atoms with van der Waals surface area (Å²) in [6.45, 7) is 0.115. The molecule has 3 aromatic rings. The van der Waals surface area contributed by atoms with Gasteiger partial charge in [-0.05, 0) is 53.0 Å². The van der Waals surface area contributed by atoms with Crippen LogP contribution in [0.25, 0.3) is 11.1 Å². The molecule has 0 radical (unpaired) electrons. The molecule has 8 heteroatoms. The largest absolute Gasteiger partial charge is 0.498 e. The molecule has 0 unspecified atom stereocenters. The van der Waals surface area contributed by atoms with Crippen LogP contribution in [0.5, 0.6) is 5.75 Å². The highest BCUT2D eigenvalue weighted by Gasteiger charge is 2.44. The van der Waals surface area contributed by atoms with Gasteiger partial charge < -0.3 is 29.4 Å². The number of hydrogen-bond acceptors (Lipinski definition) is 6. The lowest BCUT2D eigenvalue weighted by Gasteiger charge is -2.39. The number of alkyl carbamates (subject to hydrolysis) is 1. The first kappa shape index (κ1) is 27.0. The van der Waals surface area contributed by atoms with E-state index in [1.165, 1.54) is 14.2 Å². The third-order valence-electron chi connectivity index (χ3n) is 7.33. The zero-order valence-corrected chi connectivity index (χ0v) is 22.3. The molecule has 8 nitrogen and oxygen atoms in total. The summed E-state index contributed by atoms with van der Waals surface area (Å²) in [6, 6.07) is 25.3. The van der Waals surface area contributed by atoms with Gasteiger partial charge >= 0.3 is 12.1 Å². The van der Waals surface area contributed by atoms with E-state index in [0.717, 1.165) is 22.3 Å². The van der Waals surface area contributed by atoms with Crippen LogP contribution < -0.4 is 10.1 Å². The molecule has 40 heavy (non-hydrogen) atoms. The number of carboxylic acids is 1. The van der Waals surface area contributed by atoms with Gasteiger partial charge in [0.05, 0.1) is 7.11 Å². The maximum absolute atomic E-state index is 13.3. The Labute approximate surface area is 232 Å². The molecule has 3 aromatic carbocycles. The van der Waals surface area contributed by atoms with Gasteiger partial charge in [-0.25, -0.2) is 4.79 Å². The lowest BCUT2D eigenvalue weighted by Crippen LogP contribution is -2.53. The summed E-state index contributed by atoms with van der Waals surface area (Å²) in [5, 5.41) is 12.3. The van der Waals surface area contributed by atoms with E-state index in [9.17, 15) is 14.7 Å². The van der Waals surface area contributed by atoms with E-state index in [2.05, 4.69) is 17.4 Å². The predicted octanol–water partition coefficient (Wildman–Crippen LogP) is 5.65. The Bertz CT molecular complexity index is 1400. The lowest BCUT2D eigenvalue weighted by molar-refractivity contribution is -0.137. The highest BCUT2D eigenvalue weighted by Crippen LogP contribution is 2.44. The number of hydrogen-bond donors (Lipinski definition) is 2. The number of nitrogens with one attached hydrogen (secondary N) is 1. The molecule has 0 heterocycles. The van der Waals surface area contributed by atoms with Gasteiger partial charge in [0, 0.05) is 25.5 Å². The van der Waals surface area contributed by atoms with Crippen LogP contribution in [-0.2, 0) is 19.0 Å². The first-order valence-corrected chi connectivity index (χ1v) is 13.0. The normalized spacial score (nSPS) is 21.1. The third kappa shape index (κ3) is 5.31. The van der Waals surface area contributed by atoms with Gasteiger partial charge in [0.1, 0.15) is 23.7 Å². The number of carboxylic acid groups (broad SMARTS) is 1. The number of methoxy groups -OCH3 is 2. The fourth-order valence-corrected chi connectivity index (χ4v) is 5.34. The molecule has 206 valence electrons. The molecule has 5 rings (SSSR count). The Kier molecular flexibility index (Phi) is 7.62. The van der Waals surface area contributed by atoms with Gasteiger partial charge in [0.2, 0.25) is 0 Å². The summed E-state index contributed by atoms with van der Waals surface area (Å²) < 4.78 is 23.3. The van der Waals surface area contributed by atoms with Crippen molar-refractivity contribution in [2.24, 2.45) is 0 Å². The molecule has 1 amide bonds. The predicted molar refractivity (Wildman–Crippen MR) is 149 cm³/mol. The molecule has 2 atom stereocenters. The van der Waals surface area contributed by atoms with Crippen molar-refractivity contribution in [3.63, 3.8) is 0 Å². The molecule has 0 bridgehead atoms. The van der Waals surface area contributed by atoms with Crippen molar-refractivity contribution in [3.05, 3.63) is 114 Å². The maximum Gasteiger partial charge on any atom is 0.408 e. The number of carbonyl (C=O) groups is 2. The van der Waals surface area contributed by atoms with Crippen LogP contribution in [0.15, 0.2) is 103 Å². The molecule has 0 aliphatic heterocycles. The number of benzene rings is 3. The summed E-state index contributed by atoms with van der Waals surface area (Å²) in [7, 11) is 2.93. The zero-order valence-electron chi connectivity index (χ0n) is 22.3. The van der Waals surface area contributed by atoms with Gasteiger partial charge in [-0.15, -0.1) is 0 Å². The Morgan fingerprint density at radius 1 is 0.875 bits per heavy atom. The van der Waals surface area contributed by atoms with Gasteiger partial charge in [0.15, 0.2) is 0 Å². The van der Waals surface area contributed by atoms with Crippen molar-refractivity contribution in [1.82, 2.24) is 5.32 Å². The molecule has 2 aliphatic rings. The number of para-hydroxylation sites is 1. The average Bonchev–Trinajstić information content (AvgIpc) is 3.30. The number of fused-ring (bicyclic) bond motifs is 3. The first-order valence-electron chi connectivity index (χ1n) is 13.0. The van der Waals surface area contributed by atoms with Crippen molar-refractivity contribution in [3.8, 4) is 16.9 Å². The number of amides is 1. The summed E-state index contributed by atoms with van der Waals surface area (Å²) in [4.78, 5) is 24.8. The van der Waals surface area contributed by atoms with Crippen molar-refractivity contribution < 1.29 is 33.6 Å². The molecule has 0 fully saturated rings. The fraction of sp³-hybridized carbons (Fsp3) is 0.250. The average molecular weight is 542 g/mol. The van der Waals surface area contributed by atoms with Crippen molar-refractivity contribution in [1.29, 1.82) is 0 Å². The van der Waals surface area contributed by atoms with E-state index in [1.807, 2.05) is 54.6 Å². The second-order valence-corrected chi connectivity index (χ2v) is 9.70. The van der Waals surface area contributed by atoms with Crippen molar-refractivity contribution in [2.75, 3.05) is 20.8 Å². The minimum atomic E-state index is -1.33. The second-order valence-electron chi connectivity index (χ2n) is 9.70. The topological polar surface area (TPSA) is 103 Å². The minimum absolute atomic E-state index is 0.0217. The zero-order chi connectivity index (χ0) is 28.2. The van der Waals surface area contributed by atoms with Gasteiger partial charge in [0.25, 0.3) is 5.79 Å². The Morgan fingerprint density at radius 2 is 1.50 bits per heavy atom. The Balaban J connectivity index is 1.37. The van der Waals surface area contributed by atoms with Crippen LogP contribution in [0.1, 0.15) is 29.9 Å². The molecule has 0 spiro atoms. The first-order chi connectivity index (χ1) is 19.4. The smallest absolute Gasteiger partial charge is 0.408 e. The fourth-order valence-electron chi connectivity index (χ4n) is 5.34. The quantitative estimate of drug-likeness (QED) is 0.253. The molecule has 0 aromatic heterocycles. The summed E-state index contributed by atoms with van der Waals surface area (Å²) >= 11 is 0. The van der Waals surface area contributed by atoms with E-state index in [4.69, 9.17) is 18.9 Å². The Morgan fingerprint density at radius 3 is 2.10 bits per heavy atom. The monoisotopic (exact) mass is 541 g/mol. The Hall–Kier alpha value is -4.56. The van der Waals surface area contributed by atoms with E-state index in [0.29, 0.717) is 5.75 Å². The molecule has 2 N–H and O–H groups in total. The highest BCUT2D eigenvalue weighted by atomic mass is 16.7. The molecule has 0 saturated carbocycles. The van der Waals surface area contributed by atoms with Crippen LogP contribution >= 0.6 is 0 Å². The van der Waals surface area contributed by atoms with Crippen LogP contribution in [-0.4, -0.2) is 49.3 Å². The lowest BCUT2D eigenvalue weighted by atomic mass is 9.85. The van der Waals surface area contributed by atoms with E-state index in [-0.39, 0.29) is 31.1 Å². The number of carbonyl (C=O) groups excluding carboxylic acids is 1. The van der Waals surface area contributed by atoms with Crippen molar-refractivity contribution >= 4 is 12.1 Å². The van der Waals surface area contributed by atoms with E-state index >= 15 is 0 Å². The minimum Gasteiger partial charge on any atom is -0.498 e. The van der Waals surface area contributed by atoms with E-state index < -0.39 is 23.4 Å². The summed E-state index contributed by atoms with van der Waals surface area (Å²) in [6.07, 6.45) is 3.96. The second kappa shape index (κ2) is 11.3. The van der Waals surface area contributed by atoms with Crippen LogP contribution in [0.4, 0.5) is 4.79 Å². The molecular formula is C32H31NO7. The van der Waals surface area contributed by atoms with Crippen LogP contribution in [0.2, 0.25) is 0 Å². The van der Waals surface area contributed by atoms with Gasteiger partial charge in [-0.1, -0.05) is 66.7 Å². The van der Waals surface area contributed by atoms with E-state index in [1.54, 1.807) is 30.4 Å². The third-order valence-corrected chi connectivity index (χ3v) is 7.33. The summed E-state index contributed by atoms with van der Waals surface area (Å²) in [5.41, 5.74) is 3.14. The van der Waals surface area contributed by atoms with Crippen LogP contribution in [0, 0.1) is 0 Å². The summed E-state index contributed by atoms with van der Waals surface area (Å²) in [5.74, 6) is -1.64. The molecule has 0 saturated heterocycles. The standard InChI is InChI=1S/C32H31NO7/c1-37-28-20-32(38-2,40-22-10-4-3-5-11-22)19-18-31(28,17-16-29(34)35)33-30(36)39-21-27-25-14-8-6-12-23(25)24-13-7-9-15-26(24)27/h3-15,18-20,27H,16-17,21H2,1-2H3,(H,33,36)(H,34,35)/t31-,32+/m0/s1. The van der Waals surface area contributed by atoms with Crippen LogP contribution in [0.3, 0.4) is 0 Å². The number of ether oxygens (including phenoxy) is 4. The van der Waals surface area contributed by atoms with Crippen molar-refractivity contribution in [2.45, 2.75) is 30.1 Å². The highest BCUT2D eigenvalue weighted by molar-refractivity contribution is 5.79. The van der Waals surface area contributed by atoms with Gasteiger partial charge in [-0.2, -0.15) is 0 Å². The number of aliphatic carboxylic acids is 1. The SMILES string of the molecule is COC1=C[C@](OC)(Oc2ccccc2)C=C[C@]1(CCC(=O)O)NC(=O)OCC1c2ccccc2-c2ccccc21. The maximum atomic E-state index is 13.3. The van der Waals surface area contributed by atoms with Gasteiger partial charge in [-0.3, -0.25) is 4.79 Å².